The maximum atomic E-state index is 12.0. The van der Waals surface area contributed by atoms with Crippen molar-refractivity contribution in [3.8, 4) is 5.69 Å². The van der Waals surface area contributed by atoms with Crippen LogP contribution in [0, 0.1) is 6.92 Å². The van der Waals surface area contributed by atoms with Gasteiger partial charge in [0.2, 0.25) is 0 Å². The van der Waals surface area contributed by atoms with Crippen LogP contribution in [0.5, 0.6) is 0 Å². The third kappa shape index (κ3) is 4.30. The smallest absolute Gasteiger partial charge is 0.319 e. The van der Waals surface area contributed by atoms with Crippen molar-refractivity contribution < 1.29 is 4.79 Å². The molecule has 0 aliphatic carbocycles. The summed E-state index contributed by atoms with van der Waals surface area (Å²) in [7, 11) is 0. The Hall–Kier alpha value is -3.09. The van der Waals surface area contributed by atoms with Gasteiger partial charge >= 0.3 is 6.03 Å². The van der Waals surface area contributed by atoms with E-state index in [0.29, 0.717) is 6.54 Å². The molecule has 0 unspecified atom stereocenters. The number of amides is 2. The molecular formula is C19H24N6O. The molecule has 7 heteroatoms. The van der Waals surface area contributed by atoms with Crippen molar-refractivity contribution in [2.75, 3.05) is 11.9 Å². The quantitative estimate of drug-likeness (QED) is 0.641. The highest BCUT2D eigenvalue weighted by Crippen LogP contribution is 2.14. The van der Waals surface area contributed by atoms with Crippen molar-refractivity contribution in [3.05, 3.63) is 60.7 Å². The number of benzene rings is 1. The summed E-state index contributed by atoms with van der Waals surface area (Å²) in [5.41, 5.74) is 1.77. The lowest BCUT2D eigenvalue weighted by molar-refractivity contribution is 0.252. The van der Waals surface area contributed by atoms with Gasteiger partial charge in [0.15, 0.2) is 0 Å². The third-order valence-electron chi connectivity index (χ3n) is 4.21. The minimum absolute atomic E-state index is 0.196. The van der Waals surface area contributed by atoms with Crippen LogP contribution in [0.25, 0.3) is 5.69 Å². The Kier molecular flexibility index (Phi) is 5.68. The van der Waals surface area contributed by atoms with E-state index in [-0.39, 0.29) is 6.03 Å². The van der Waals surface area contributed by atoms with Crippen molar-refractivity contribution in [2.45, 2.75) is 33.2 Å². The van der Waals surface area contributed by atoms with Crippen LogP contribution in [-0.4, -0.2) is 31.7 Å². The molecule has 0 fully saturated rings. The number of rotatable bonds is 7. The van der Waals surface area contributed by atoms with Gasteiger partial charge in [0, 0.05) is 55.7 Å². The van der Waals surface area contributed by atoms with Crippen molar-refractivity contribution in [1.29, 1.82) is 0 Å². The fraction of sp³-hybridized carbons (Fsp3) is 0.316. The molecule has 2 heterocycles. The molecule has 2 N–H and O–H groups in total. The van der Waals surface area contributed by atoms with Gasteiger partial charge in [-0.2, -0.15) is 0 Å². The number of hydrogen-bond donors (Lipinski definition) is 2. The van der Waals surface area contributed by atoms with E-state index in [1.54, 1.807) is 6.20 Å². The lowest BCUT2D eigenvalue weighted by atomic mass is 10.2. The maximum absolute atomic E-state index is 12.0. The standard InChI is InChI=1S/C19H24N6O/c1-3-18-21-10-13-24(18)12-4-9-22-19(26)23-16-5-7-17(8-6-16)25-14-11-20-15(25)2/h5-8,10-11,13-14H,3-4,9,12H2,1-2H3,(H2,22,23,26). The van der Waals surface area contributed by atoms with E-state index in [1.807, 2.05) is 54.3 Å². The molecule has 3 aromatic rings. The molecule has 0 bridgehead atoms. The van der Waals surface area contributed by atoms with Crippen LogP contribution in [0.2, 0.25) is 0 Å². The number of anilines is 1. The van der Waals surface area contributed by atoms with E-state index in [1.165, 1.54) is 0 Å². The summed E-state index contributed by atoms with van der Waals surface area (Å²) in [6, 6.07) is 7.48. The first kappa shape index (κ1) is 17.7. The average molecular weight is 352 g/mol. The summed E-state index contributed by atoms with van der Waals surface area (Å²) in [6.07, 6.45) is 9.23. The Morgan fingerprint density at radius 1 is 1.12 bits per heavy atom. The lowest BCUT2D eigenvalue weighted by Gasteiger charge is -2.10. The second-order valence-electron chi connectivity index (χ2n) is 6.02. The van der Waals surface area contributed by atoms with Crippen LogP contribution in [0.15, 0.2) is 49.1 Å². The lowest BCUT2D eigenvalue weighted by Crippen LogP contribution is -2.30. The first-order valence-electron chi connectivity index (χ1n) is 8.82. The first-order valence-corrected chi connectivity index (χ1v) is 8.82. The molecule has 0 saturated heterocycles. The molecule has 0 aliphatic heterocycles. The number of carbonyl (C=O) groups excluding carboxylic acids is 1. The molecule has 0 atom stereocenters. The molecule has 26 heavy (non-hydrogen) atoms. The molecule has 1 aromatic carbocycles. The number of hydrogen-bond acceptors (Lipinski definition) is 3. The zero-order valence-electron chi connectivity index (χ0n) is 15.1. The number of carbonyl (C=O) groups is 1. The summed E-state index contributed by atoms with van der Waals surface area (Å²) in [4.78, 5) is 20.5. The van der Waals surface area contributed by atoms with Crippen LogP contribution < -0.4 is 10.6 Å². The van der Waals surface area contributed by atoms with Crippen LogP contribution >= 0.6 is 0 Å². The normalized spacial score (nSPS) is 10.7. The van der Waals surface area contributed by atoms with Crippen molar-refractivity contribution >= 4 is 11.7 Å². The molecule has 0 saturated carbocycles. The second-order valence-corrected chi connectivity index (χ2v) is 6.02. The second kappa shape index (κ2) is 8.33. The Bertz CT molecular complexity index is 849. The van der Waals surface area contributed by atoms with Gasteiger partial charge in [-0.25, -0.2) is 14.8 Å². The summed E-state index contributed by atoms with van der Waals surface area (Å²) in [5.74, 6) is 2.00. The van der Waals surface area contributed by atoms with Gasteiger partial charge < -0.3 is 19.8 Å². The summed E-state index contributed by atoms with van der Waals surface area (Å²) in [5, 5.41) is 5.73. The van der Waals surface area contributed by atoms with Gasteiger partial charge in [-0.05, 0) is 37.6 Å². The average Bonchev–Trinajstić information content (AvgIpc) is 3.28. The molecule has 3 rings (SSSR count). The van der Waals surface area contributed by atoms with Crippen LogP contribution in [0.1, 0.15) is 25.0 Å². The fourth-order valence-electron chi connectivity index (χ4n) is 2.84. The van der Waals surface area contributed by atoms with Crippen LogP contribution in [0.4, 0.5) is 10.5 Å². The molecule has 0 radical (unpaired) electrons. The van der Waals surface area contributed by atoms with Gasteiger partial charge in [-0.3, -0.25) is 0 Å². The Morgan fingerprint density at radius 2 is 1.88 bits per heavy atom. The van der Waals surface area contributed by atoms with Gasteiger partial charge in [-0.1, -0.05) is 6.92 Å². The molecule has 2 aromatic heterocycles. The zero-order chi connectivity index (χ0) is 18.4. The maximum Gasteiger partial charge on any atom is 0.319 e. The first-order chi connectivity index (χ1) is 12.7. The van der Waals surface area contributed by atoms with Crippen LogP contribution in [-0.2, 0) is 13.0 Å². The van der Waals surface area contributed by atoms with Gasteiger partial charge in [0.1, 0.15) is 11.6 Å². The largest absolute Gasteiger partial charge is 0.338 e. The minimum Gasteiger partial charge on any atom is -0.338 e. The van der Waals surface area contributed by atoms with E-state index in [4.69, 9.17) is 0 Å². The number of nitrogens with zero attached hydrogens (tertiary/aromatic N) is 4. The van der Waals surface area contributed by atoms with Crippen molar-refractivity contribution in [2.24, 2.45) is 0 Å². The van der Waals surface area contributed by atoms with E-state index in [0.717, 1.165) is 42.4 Å². The SMILES string of the molecule is CCc1nccn1CCCNC(=O)Nc1ccc(-n2ccnc2C)cc1. The number of nitrogens with one attached hydrogen (secondary N) is 2. The molecule has 2 amide bonds. The summed E-state index contributed by atoms with van der Waals surface area (Å²) in [6.45, 7) is 5.50. The topological polar surface area (TPSA) is 76.8 Å². The number of urea groups is 1. The molecule has 136 valence electrons. The van der Waals surface area contributed by atoms with Gasteiger partial charge in [-0.15, -0.1) is 0 Å². The van der Waals surface area contributed by atoms with Crippen molar-refractivity contribution in [1.82, 2.24) is 24.4 Å². The number of imidazole rings is 2. The molecular weight excluding hydrogens is 328 g/mol. The summed E-state index contributed by atoms with van der Waals surface area (Å²) < 4.78 is 4.11. The fourth-order valence-corrected chi connectivity index (χ4v) is 2.84. The predicted molar refractivity (Wildman–Crippen MR) is 102 cm³/mol. The summed E-state index contributed by atoms with van der Waals surface area (Å²) >= 11 is 0. The van der Waals surface area contributed by atoms with Crippen molar-refractivity contribution in [3.63, 3.8) is 0 Å². The van der Waals surface area contributed by atoms with E-state index >= 15 is 0 Å². The molecule has 7 nitrogen and oxygen atoms in total. The van der Waals surface area contributed by atoms with E-state index in [9.17, 15) is 4.79 Å². The highest BCUT2D eigenvalue weighted by atomic mass is 16.2. The Morgan fingerprint density at radius 3 is 2.58 bits per heavy atom. The third-order valence-corrected chi connectivity index (χ3v) is 4.21. The Balaban J connectivity index is 1.44. The monoisotopic (exact) mass is 352 g/mol. The Labute approximate surface area is 153 Å². The number of aromatic nitrogens is 4. The van der Waals surface area contributed by atoms with Gasteiger partial charge in [0.25, 0.3) is 0 Å². The molecule has 0 aliphatic rings. The minimum atomic E-state index is -0.196. The van der Waals surface area contributed by atoms with Gasteiger partial charge in [0.05, 0.1) is 0 Å². The van der Waals surface area contributed by atoms with E-state index in [2.05, 4.69) is 32.1 Å². The highest BCUT2D eigenvalue weighted by Gasteiger charge is 2.04. The van der Waals surface area contributed by atoms with Crippen LogP contribution in [0.3, 0.4) is 0 Å². The highest BCUT2D eigenvalue weighted by molar-refractivity contribution is 5.89. The van der Waals surface area contributed by atoms with E-state index < -0.39 is 0 Å². The molecule has 0 spiro atoms. The zero-order valence-corrected chi connectivity index (χ0v) is 15.1. The predicted octanol–water partition coefficient (Wildman–Crippen LogP) is 3.15. The number of aryl methyl sites for hydroxylation is 3.